The highest BCUT2D eigenvalue weighted by molar-refractivity contribution is 6.01. The first-order valence-corrected chi connectivity index (χ1v) is 6.72. The van der Waals surface area contributed by atoms with Crippen LogP contribution in [-0.4, -0.2) is 21.6 Å². The van der Waals surface area contributed by atoms with E-state index in [4.69, 9.17) is 4.84 Å². The van der Waals surface area contributed by atoms with Gasteiger partial charge >= 0.3 is 0 Å². The molecule has 0 aliphatic carbocycles. The molecular weight excluding hydrogens is 276 g/mol. The summed E-state index contributed by atoms with van der Waals surface area (Å²) in [6.45, 7) is 4.37. The maximum absolute atomic E-state index is 13.7. The Kier molecular flexibility index (Phi) is 3.45. The Balaban J connectivity index is 1.75. The van der Waals surface area contributed by atoms with Crippen molar-refractivity contribution >= 4 is 5.71 Å². The van der Waals surface area contributed by atoms with Crippen molar-refractivity contribution < 1.29 is 13.6 Å². The van der Waals surface area contributed by atoms with Crippen molar-refractivity contribution in [2.45, 2.75) is 32.9 Å². The number of hydrogen-bond acceptors (Lipinski definition) is 3. The van der Waals surface area contributed by atoms with Crippen LogP contribution in [0.15, 0.2) is 29.4 Å². The van der Waals surface area contributed by atoms with Gasteiger partial charge in [-0.15, -0.1) is 0 Å². The maximum atomic E-state index is 13.7. The largest absolute Gasteiger partial charge is 0.390 e. The summed E-state index contributed by atoms with van der Waals surface area (Å²) in [6.07, 6.45) is 0.0907. The predicted molar refractivity (Wildman–Crippen MR) is 74.1 cm³/mol. The van der Waals surface area contributed by atoms with Gasteiger partial charge in [0.05, 0.1) is 23.5 Å². The number of aryl methyl sites for hydroxylation is 2. The van der Waals surface area contributed by atoms with Gasteiger partial charge in [0.2, 0.25) is 0 Å². The van der Waals surface area contributed by atoms with E-state index in [1.807, 2.05) is 24.6 Å². The SMILES string of the molecule is Cc1cc(C)n(C[C@H]2CC(c3c(F)cccc3F)=NO2)n1. The van der Waals surface area contributed by atoms with E-state index in [1.54, 1.807) is 0 Å². The summed E-state index contributed by atoms with van der Waals surface area (Å²) in [5.41, 5.74) is 2.14. The van der Waals surface area contributed by atoms with Crippen molar-refractivity contribution in [1.29, 1.82) is 0 Å². The average molecular weight is 291 g/mol. The molecule has 0 spiro atoms. The van der Waals surface area contributed by atoms with Crippen molar-refractivity contribution in [1.82, 2.24) is 9.78 Å². The molecule has 0 unspecified atom stereocenters. The van der Waals surface area contributed by atoms with Gasteiger partial charge < -0.3 is 4.84 Å². The monoisotopic (exact) mass is 291 g/mol. The van der Waals surface area contributed by atoms with Gasteiger partial charge in [-0.2, -0.15) is 5.10 Å². The van der Waals surface area contributed by atoms with E-state index in [0.29, 0.717) is 18.7 Å². The molecule has 2 heterocycles. The molecule has 110 valence electrons. The molecule has 6 heteroatoms. The second kappa shape index (κ2) is 5.27. The van der Waals surface area contributed by atoms with E-state index >= 15 is 0 Å². The van der Waals surface area contributed by atoms with E-state index in [9.17, 15) is 8.78 Å². The summed E-state index contributed by atoms with van der Waals surface area (Å²) >= 11 is 0. The number of benzene rings is 1. The topological polar surface area (TPSA) is 39.4 Å². The lowest BCUT2D eigenvalue weighted by Crippen LogP contribution is -2.19. The minimum absolute atomic E-state index is 0.103. The van der Waals surface area contributed by atoms with E-state index in [0.717, 1.165) is 11.4 Å². The molecule has 1 aliphatic rings. The first-order valence-electron chi connectivity index (χ1n) is 6.72. The van der Waals surface area contributed by atoms with E-state index in [-0.39, 0.29) is 11.7 Å². The molecule has 0 bridgehead atoms. The summed E-state index contributed by atoms with van der Waals surface area (Å²) in [7, 11) is 0. The van der Waals surface area contributed by atoms with Gasteiger partial charge in [0.25, 0.3) is 0 Å². The Morgan fingerprint density at radius 1 is 1.29 bits per heavy atom. The minimum atomic E-state index is -0.621. The third-order valence-electron chi connectivity index (χ3n) is 3.46. The molecule has 0 N–H and O–H groups in total. The second-order valence-electron chi connectivity index (χ2n) is 5.18. The van der Waals surface area contributed by atoms with Gasteiger partial charge in [-0.3, -0.25) is 4.68 Å². The zero-order valence-corrected chi connectivity index (χ0v) is 11.8. The summed E-state index contributed by atoms with van der Waals surface area (Å²) in [4.78, 5) is 5.29. The standard InChI is InChI=1S/C15H15F2N3O/c1-9-6-10(2)20(18-9)8-11-7-14(19-21-11)15-12(16)4-3-5-13(15)17/h3-6,11H,7-8H2,1-2H3/t11-/m1/s1. The van der Waals surface area contributed by atoms with Crippen LogP contribution in [0.25, 0.3) is 0 Å². The lowest BCUT2D eigenvalue weighted by Gasteiger charge is -2.10. The molecule has 0 amide bonds. The average Bonchev–Trinajstić information content (AvgIpc) is 2.97. The van der Waals surface area contributed by atoms with Crippen LogP contribution in [0.5, 0.6) is 0 Å². The van der Waals surface area contributed by atoms with Crippen molar-refractivity contribution in [2.24, 2.45) is 5.16 Å². The number of hydrogen-bond donors (Lipinski definition) is 0. The van der Waals surface area contributed by atoms with E-state index in [1.165, 1.54) is 18.2 Å². The fourth-order valence-electron chi connectivity index (χ4n) is 2.50. The third kappa shape index (κ3) is 2.66. The first kappa shape index (κ1) is 13.7. The van der Waals surface area contributed by atoms with Crippen molar-refractivity contribution in [3.05, 3.63) is 52.9 Å². The zero-order valence-electron chi connectivity index (χ0n) is 11.8. The van der Waals surface area contributed by atoms with Gasteiger partial charge in [-0.05, 0) is 32.0 Å². The maximum Gasteiger partial charge on any atom is 0.152 e. The van der Waals surface area contributed by atoms with Crippen LogP contribution in [0.4, 0.5) is 8.78 Å². The Morgan fingerprint density at radius 2 is 2.00 bits per heavy atom. The molecule has 1 aromatic heterocycles. The summed E-state index contributed by atoms with van der Waals surface area (Å²) in [5.74, 6) is -1.24. The van der Waals surface area contributed by atoms with Crippen molar-refractivity contribution in [3.8, 4) is 0 Å². The highest BCUT2D eigenvalue weighted by atomic mass is 19.1. The molecule has 21 heavy (non-hydrogen) atoms. The molecule has 0 saturated heterocycles. The third-order valence-corrected chi connectivity index (χ3v) is 3.46. The fourth-order valence-corrected chi connectivity index (χ4v) is 2.50. The Morgan fingerprint density at radius 3 is 2.62 bits per heavy atom. The van der Waals surface area contributed by atoms with E-state index < -0.39 is 11.6 Å². The highest BCUT2D eigenvalue weighted by Gasteiger charge is 2.27. The molecule has 1 atom stereocenters. The number of halogens is 2. The van der Waals surface area contributed by atoms with Crippen LogP contribution in [-0.2, 0) is 11.4 Å². The molecule has 0 radical (unpaired) electrons. The molecule has 0 saturated carbocycles. The molecule has 0 fully saturated rings. The summed E-state index contributed by atoms with van der Waals surface area (Å²) in [5, 5.41) is 8.18. The van der Waals surface area contributed by atoms with Gasteiger partial charge in [0, 0.05) is 12.1 Å². The van der Waals surface area contributed by atoms with Crippen LogP contribution >= 0.6 is 0 Å². The van der Waals surface area contributed by atoms with E-state index in [2.05, 4.69) is 10.3 Å². The van der Waals surface area contributed by atoms with Crippen LogP contribution < -0.4 is 0 Å². The molecule has 4 nitrogen and oxygen atoms in total. The van der Waals surface area contributed by atoms with Gasteiger partial charge in [0.1, 0.15) is 11.6 Å². The first-order chi connectivity index (χ1) is 10.0. The van der Waals surface area contributed by atoms with Crippen LogP contribution in [0, 0.1) is 25.5 Å². The summed E-state index contributed by atoms with van der Waals surface area (Å²) < 4.78 is 29.3. The molecule has 3 rings (SSSR count). The molecule has 2 aromatic rings. The second-order valence-corrected chi connectivity index (χ2v) is 5.18. The quantitative estimate of drug-likeness (QED) is 0.872. The lowest BCUT2D eigenvalue weighted by molar-refractivity contribution is 0.0692. The summed E-state index contributed by atoms with van der Waals surface area (Å²) in [6, 6.07) is 5.73. The fraction of sp³-hybridized carbons (Fsp3) is 0.333. The minimum Gasteiger partial charge on any atom is -0.390 e. The van der Waals surface area contributed by atoms with Crippen LogP contribution in [0.1, 0.15) is 23.4 Å². The van der Waals surface area contributed by atoms with Crippen LogP contribution in [0.3, 0.4) is 0 Å². The van der Waals surface area contributed by atoms with Gasteiger partial charge in [-0.1, -0.05) is 11.2 Å². The molecular formula is C15H15F2N3O. The molecule has 1 aliphatic heterocycles. The predicted octanol–water partition coefficient (Wildman–Crippen LogP) is 2.97. The normalized spacial score (nSPS) is 17.7. The zero-order chi connectivity index (χ0) is 15.0. The smallest absolute Gasteiger partial charge is 0.152 e. The lowest BCUT2D eigenvalue weighted by atomic mass is 10.0. The Labute approximate surface area is 121 Å². The van der Waals surface area contributed by atoms with Gasteiger partial charge in [0.15, 0.2) is 6.10 Å². The highest BCUT2D eigenvalue weighted by Crippen LogP contribution is 2.22. The number of oxime groups is 1. The van der Waals surface area contributed by atoms with Gasteiger partial charge in [-0.25, -0.2) is 8.78 Å². The Bertz CT molecular complexity index is 689. The number of nitrogens with zero attached hydrogens (tertiary/aromatic N) is 3. The van der Waals surface area contributed by atoms with Crippen molar-refractivity contribution in [3.63, 3.8) is 0 Å². The number of aromatic nitrogens is 2. The number of rotatable bonds is 3. The van der Waals surface area contributed by atoms with Crippen molar-refractivity contribution in [2.75, 3.05) is 0 Å². The Hall–Kier alpha value is -2.24. The van der Waals surface area contributed by atoms with Crippen LogP contribution in [0.2, 0.25) is 0 Å². The molecule has 1 aromatic carbocycles.